The van der Waals surface area contributed by atoms with Crippen molar-refractivity contribution in [3.63, 3.8) is 0 Å². The molecule has 0 fully saturated rings. The van der Waals surface area contributed by atoms with Crippen molar-refractivity contribution in [2.24, 2.45) is 0 Å². The zero-order valence-corrected chi connectivity index (χ0v) is 12.8. The van der Waals surface area contributed by atoms with Crippen LogP contribution in [0.3, 0.4) is 0 Å². The maximum absolute atomic E-state index is 13.3. The Hall–Kier alpha value is -1.58. The Kier molecular flexibility index (Phi) is 5.21. The van der Waals surface area contributed by atoms with Gasteiger partial charge in [0.1, 0.15) is 11.6 Å². The molecule has 0 heterocycles. The van der Waals surface area contributed by atoms with Gasteiger partial charge in [0.05, 0.1) is 5.02 Å². The Balaban J connectivity index is 2.04. The highest BCUT2D eigenvalue weighted by atomic mass is 35.5. The third kappa shape index (κ3) is 4.19. The van der Waals surface area contributed by atoms with E-state index in [1.165, 1.54) is 12.1 Å². The molecule has 0 saturated carbocycles. The highest BCUT2D eigenvalue weighted by molar-refractivity contribution is 6.31. The smallest absolute Gasteiger partial charge is 0.177 e. The molecule has 0 N–H and O–H groups in total. The molecule has 0 aliphatic carbocycles. The molecule has 0 radical (unpaired) electrons. The van der Waals surface area contributed by atoms with Crippen LogP contribution in [0.1, 0.15) is 12.5 Å². The van der Waals surface area contributed by atoms with E-state index in [-0.39, 0.29) is 17.2 Å². The number of hydrogen-bond acceptors (Lipinski definition) is 2. The van der Waals surface area contributed by atoms with E-state index in [9.17, 15) is 9.18 Å². The molecule has 0 saturated heterocycles. The second-order valence-electron chi connectivity index (χ2n) is 4.57. The Labute approximate surface area is 132 Å². The van der Waals surface area contributed by atoms with Gasteiger partial charge in [-0.15, -0.1) is 0 Å². The summed E-state index contributed by atoms with van der Waals surface area (Å²) in [6, 6.07) is 11.2. The van der Waals surface area contributed by atoms with Crippen molar-refractivity contribution in [2.45, 2.75) is 19.4 Å². The number of carbonyl (C=O) groups is 1. The second-order valence-corrected chi connectivity index (χ2v) is 5.39. The molecule has 2 aromatic carbocycles. The fraction of sp³-hybridized carbons (Fsp3) is 0.188. The third-order valence-corrected chi connectivity index (χ3v) is 3.62. The fourth-order valence-corrected chi connectivity index (χ4v) is 2.20. The lowest BCUT2D eigenvalue weighted by Crippen LogP contribution is -2.25. The zero-order chi connectivity index (χ0) is 15.4. The van der Waals surface area contributed by atoms with E-state index in [1.54, 1.807) is 37.3 Å². The highest BCUT2D eigenvalue weighted by Gasteiger charge is 2.17. The quantitative estimate of drug-likeness (QED) is 0.795. The van der Waals surface area contributed by atoms with Crippen LogP contribution in [0.2, 0.25) is 10.0 Å². The lowest BCUT2D eigenvalue weighted by molar-refractivity contribution is -0.124. The van der Waals surface area contributed by atoms with Gasteiger partial charge in [0.15, 0.2) is 11.9 Å². The molecule has 2 aromatic rings. The summed E-state index contributed by atoms with van der Waals surface area (Å²) in [6.45, 7) is 1.64. The Bertz CT molecular complexity index is 658. The van der Waals surface area contributed by atoms with Crippen molar-refractivity contribution in [3.05, 3.63) is 63.9 Å². The summed E-state index contributed by atoms with van der Waals surface area (Å²) in [5, 5.41) is 0.501. The van der Waals surface area contributed by atoms with Crippen LogP contribution in [0.15, 0.2) is 42.5 Å². The van der Waals surface area contributed by atoms with Crippen LogP contribution in [0, 0.1) is 5.82 Å². The first kappa shape index (κ1) is 15.8. The summed E-state index contributed by atoms with van der Waals surface area (Å²) in [5.41, 5.74) is 0.447. The molecule has 0 aromatic heterocycles. The topological polar surface area (TPSA) is 26.3 Å². The molecule has 5 heteroatoms. The molecule has 0 aliphatic rings. The van der Waals surface area contributed by atoms with Gasteiger partial charge in [-0.25, -0.2) is 4.39 Å². The lowest BCUT2D eigenvalue weighted by Gasteiger charge is -2.14. The van der Waals surface area contributed by atoms with Gasteiger partial charge in [0.2, 0.25) is 0 Å². The molecule has 110 valence electrons. The van der Waals surface area contributed by atoms with E-state index in [1.807, 2.05) is 0 Å². The Morgan fingerprint density at radius 1 is 1.24 bits per heavy atom. The van der Waals surface area contributed by atoms with Crippen LogP contribution >= 0.6 is 23.2 Å². The van der Waals surface area contributed by atoms with E-state index in [0.29, 0.717) is 16.3 Å². The molecule has 1 atom stereocenters. The molecule has 21 heavy (non-hydrogen) atoms. The SMILES string of the molecule is CC(Oc1cccc(Cl)c1)C(=O)Cc1cccc(F)c1Cl. The van der Waals surface area contributed by atoms with Gasteiger partial charge >= 0.3 is 0 Å². The summed E-state index contributed by atoms with van der Waals surface area (Å²) in [6.07, 6.45) is -0.666. The van der Waals surface area contributed by atoms with Crippen molar-refractivity contribution in [1.82, 2.24) is 0 Å². The first-order valence-corrected chi connectivity index (χ1v) is 7.11. The van der Waals surface area contributed by atoms with E-state index in [4.69, 9.17) is 27.9 Å². The monoisotopic (exact) mass is 326 g/mol. The van der Waals surface area contributed by atoms with Gasteiger partial charge in [-0.1, -0.05) is 41.4 Å². The van der Waals surface area contributed by atoms with E-state index < -0.39 is 11.9 Å². The van der Waals surface area contributed by atoms with Crippen molar-refractivity contribution in [1.29, 1.82) is 0 Å². The number of hydrogen-bond donors (Lipinski definition) is 0. The minimum absolute atomic E-state index is 0.0122. The standard InChI is InChI=1S/C16H13Cl2FO2/c1-10(21-13-6-3-5-12(17)9-13)15(20)8-11-4-2-7-14(19)16(11)18/h2-7,9-10H,8H2,1H3. The van der Waals surface area contributed by atoms with E-state index in [2.05, 4.69) is 0 Å². The number of benzene rings is 2. The van der Waals surface area contributed by atoms with Crippen molar-refractivity contribution >= 4 is 29.0 Å². The fourth-order valence-electron chi connectivity index (χ4n) is 1.83. The van der Waals surface area contributed by atoms with Gasteiger partial charge in [0, 0.05) is 11.4 Å². The van der Waals surface area contributed by atoms with Gasteiger partial charge in [-0.3, -0.25) is 4.79 Å². The molecule has 0 aliphatic heterocycles. The Morgan fingerprint density at radius 2 is 1.95 bits per heavy atom. The van der Waals surface area contributed by atoms with Gasteiger partial charge < -0.3 is 4.74 Å². The highest BCUT2D eigenvalue weighted by Crippen LogP contribution is 2.22. The van der Waals surface area contributed by atoms with E-state index >= 15 is 0 Å². The molecule has 1 unspecified atom stereocenters. The molecular formula is C16H13Cl2FO2. The van der Waals surface area contributed by atoms with Crippen LogP contribution in [-0.4, -0.2) is 11.9 Å². The largest absolute Gasteiger partial charge is 0.483 e. The number of halogens is 3. The lowest BCUT2D eigenvalue weighted by atomic mass is 10.1. The first-order valence-electron chi connectivity index (χ1n) is 6.35. The average molecular weight is 327 g/mol. The number of Topliss-reactive ketones (excluding diaryl/α,β-unsaturated/α-hetero) is 1. The maximum Gasteiger partial charge on any atom is 0.177 e. The molecule has 0 amide bonds. The van der Waals surface area contributed by atoms with Crippen LogP contribution in [0.5, 0.6) is 5.75 Å². The number of ether oxygens (including phenoxy) is 1. The zero-order valence-electron chi connectivity index (χ0n) is 11.3. The minimum atomic E-state index is -0.678. The number of carbonyl (C=O) groups excluding carboxylic acids is 1. The summed E-state index contributed by atoms with van der Waals surface area (Å²) >= 11 is 11.7. The van der Waals surface area contributed by atoms with Gasteiger partial charge in [-0.05, 0) is 36.8 Å². The minimum Gasteiger partial charge on any atom is -0.483 e. The molecule has 0 bridgehead atoms. The summed E-state index contributed by atoms with van der Waals surface area (Å²) in [7, 11) is 0. The van der Waals surface area contributed by atoms with Crippen LogP contribution in [0.25, 0.3) is 0 Å². The predicted molar refractivity (Wildman–Crippen MR) is 81.7 cm³/mol. The molecular weight excluding hydrogens is 314 g/mol. The molecule has 0 spiro atoms. The van der Waals surface area contributed by atoms with Gasteiger partial charge in [-0.2, -0.15) is 0 Å². The molecule has 2 rings (SSSR count). The second kappa shape index (κ2) is 6.92. The third-order valence-electron chi connectivity index (χ3n) is 2.96. The maximum atomic E-state index is 13.3. The normalized spacial score (nSPS) is 12.0. The molecule has 2 nitrogen and oxygen atoms in total. The summed E-state index contributed by atoms with van der Waals surface area (Å²) in [5.74, 6) is -0.221. The number of rotatable bonds is 5. The Morgan fingerprint density at radius 3 is 2.67 bits per heavy atom. The van der Waals surface area contributed by atoms with Crippen LogP contribution in [0.4, 0.5) is 4.39 Å². The van der Waals surface area contributed by atoms with E-state index in [0.717, 1.165) is 0 Å². The average Bonchev–Trinajstić information content (AvgIpc) is 2.44. The van der Waals surface area contributed by atoms with Crippen LogP contribution in [-0.2, 0) is 11.2 Å². The first-order chi connectivity index (χ1) is 9.97. The number of ketones is 1. The van der Waals surface area contributed by atoms with Crippen LogP contribution < -0.4 is 4.74 Å². The van der Waals surface area contributed by atoms with Crippen molar-refractivity contribution in [2.75, 3.05) is 0 Å². The van der Waals surface area contributed by atoms with Crippen molar-refractivity contribution < 1.29 is 13.9 Å². The summed E-state index contributed by atoms with van der Waals surface area (Å²) in [4.78, 5) is 12.1. The van der Waals surface area contributed by atoms with Crippen molar-refractivity contribution in [3.8, 4) is 5.75 Å². The van der Waals surface area contributed by atoms with Gasteiger partial charge in [0.25, 0.3) is 0 Å². The predicted octanol–water partition coefficient (Wildman–Crippen LogP) is 4.71. The summed E-state index contributed by atoms with van der Waals surface area (Å²) < 4.78 is 18.9.